The monoisotopic (exact) mass is 252 g/mol. The van der Waals surface area contributed by atoms with E-state index in [1.807, 2.05) is 0 Å². The molecule has 0 aliphatic heterocycles. The number of nitrogens with two attached hydrogens (primary N) is 1. The van der Waals surface area contributed by atoms with Crippen LogP contribution in [0.2, 0.25) is 0 Å². The standard InChI is InChI=1S/C14H21FN2O/c1-3-4-8-13(16)14(18)17(2)10-11-6-5-7-12(15)9-11/h5-7,9,13H,3-4,8,10,16H2,1-2H3/t13-/m0/s1. The number of nitrogens with zero attached hydrogens (tertiary/aromatic N) is 1. The molecule has 0 fully saturated rings. The number of hydrogen-bond acceptors (Lipinski definition) is 2. The molecule has 1 rings (SSSR count). The molecule has 0 unspecified atom stereocenters. The summed E-state index contributed by atoms with van der Waals surface area (Å²) in [7, 11) is 1.69. The minimum atomic E-state index is -0.455. The second kappa shape index (κ2) is 7.11. The van der Waals surface area contributed by atoms with Gasteiger partial charge in [0.25, 0.3) is 0 Å². The number of rotatable bonds is 6. The second-order valence-electron chi connectivity index (χ2n) is 4.57. The molecule has 1 aromatic carbocycles. The zero-order valence-electron chi connectivity index (χ0n) is 11.0. The Labute approximate surface area is 108 Å². The van der Waals surface area contributed by atoms with Crippen molar-refractivity contribution in [3.8, 4) is 0 Å². The third kappa shape index (κ3) is 4.45. The first-order valence-electron chi connectivity index (χ1n) is 6.29. The number of hydrogen-bond donors (Lipinski definition) is 1. The Morgan fingerprint density at radius 1 is 1.50 bits per heavy atom. The number of benzene rings is 1. The molecule has 3 nitrogen and oxygen atoms in total. The quantitative estimate of drug-likeness (QED) is 0.844. The van der Waals surface area contributed by atoms with E-state index in [2.05, 4.69) is 6.92 Å². The van der Waals surface area contributed by atoms with Gasteiger partial charge in [0.2, 0.25) is 5.91 Å². The molecule has 0 saturated carbocycles. The van der Waals surface area contributed by atoms with Crippen molar-refractivity contribution in [3.63, 3.8) is 0 Å². The molecule has 1 atom stereocenters. The van der Waals surface area contributed by atoms with Crippen LogP contribution in [0.25, 0.3) is 0 Å². The normalized spacial score (nSPS) is 12.2. The van der Waals surface area contributed by atoms with Gasteiger partial charge < -0.3 is 10.6 Å². The van der Waals surface area contributed by atoms with Gasteiger partial charge in [-0.1, -0.05) is 31.9 Å². The van der Waals surface area contributed by atoms with Crippen LogP contribution in [0.15, 0.2) is 24.3 Å². The van der Waals surface area contributed by atoms with Crippen LogP contribution < -0.4 is 5.73 Å². The number of unbranched alkanes of at least 4 members (excludes halogenated alkanes) is 1. The Kier molecular flexibility index (Phi) is 5.78. The molecular weight excluding hydrogens is 231 g/mol. The van der Waals surface area contributed by atoms with Crippen molar-refractivity contribution in [2.75, 3.05) is 7.05 Å². The van der Waals surface area contributed by atoms with Gasteiger partial charge in [0, 0.05) is 13.6 Å². The summed E-state index contributed by atoms with van der Waals surface area (Å²) in [6, 6.07) is 5.80. The van der Waals surface area contributed by atoms with Gasteiger partial charge in [0.05, 0.1) is 6.04 Å². The van der Waals surface area contributed by atoms with Crippen molar-refractivity contribution in [1.82, 2.24) is 4.90 Å². The van der Waals surface area contributed by atoms with Gasteiger partial charge in [-0.3, -0.25) is 4.79 Å². The maximum Gasteiger partial charge on any atom is 0.239 e. The summed E-state index contributed by atoms with van der Waals surface area (Å²) < 4.78 is 13.0. The first kappa shape index (κ1) is 14.6. The van der Waals surface area contributed by atoms with E-state index in [-0.39, 0.29) is 11.7 Å². The highest BCUT2D eigenvalue weighted by Gasteiger charge is 2.17. The zero-order chi connectivity index (χ0) is 13.5. The van der Waals surface area contributed by atoms with Crippen molar-refractivity contribution in [2.45, 2.75) is 38.8 Å². The predicted octanol–water partition coefficient (Wildman–Crippen LogP) is 2.30. The number of halogens is 1. The highest BCUT2D eigenvalue weighted by molar-refractivity contribution is 5.81. The molecule has 1 amide bonds. The van der Waals surface area contributed by atoms with E-state index >= 15 is 0 Å². The van der Waals surface area contributed by atoms with E-state index in [9.17, 15) is 9.18 Å². The van der Waals surface area contributed by atoms with Gasteiger partial charge >= 0.3 is 0 Å². The SMILES string of the molecule is CCCC[C@H](N)C(=O)N(C)Cc1cccc(F)c1. The van der Waals surface area contributed by atoms with Crippen molar-refractivity contribution in [3.05, 3.63) is 35.6 Å². The minimum absolute atomic E-state index is 0.0901. The largest absolute Gasteiger partial charge is 0.340 e. The molecule has 0 bridgehead atoms. The van der Waals surface area contributed by atoms with Crippen LogP contribution in [0.3, 0.4) is 0 Å². The summed E-state index contributed by atoms with van der Waals surface area (Å²) in [4.78, 5) is 13.5. The summed E-state index contributed by atoms with van der Waals surface area (Å²) in [6.45, 7) is 2.45. The maximum absolute atomic E-state index is 13.0. The van der Waals surface area contributed by atoms with Gasteiger partial charge in [0.1, 0.15) is 5.82 Å². The average Bonchev–Trinajstić information content (AvgIpc) is 2.35. The molecule has 1 aromatic rings. The van der Waals surface area contributed by atoms with Crippen LogP contribution in [-0.2, 0) is 11.3 Å². The molecule has 4 heteroatoms. The molecule has 0 spiro atoms. The Morgan fingerprint density at radius 2 is 2.22 bits per heavy atom. The Bertz CT molecular complexity index is 395. The highest BCUT2D eigenvalue weighted by atomic mass is 19.1. The molecule has 2 N–H and O–H groups in total. The lowest BCUT2D eigenvalue weighted by molar-refractivity contribution is -0.132. The summed E-state index contributed by atoms with van der Waals surface area (Å²) in [5, 5.41) is 0. The van der Waals surface area contributed by atoms with E-state index in [1.54, 1.807) is 24.1 Å². The molecule has 0 heterocycles. The number of carbonyl (C=O) groups is 1. The lowest BCUT2D eigenvalue weighted by Crippen LogP contribution is -2.41. The first-order valence-corrected chi connectivity index (χ1v) is 6.29. The number of likely N-dealkylation sites (N-methyl/N-ethyl adjacent to an activating group) is 1. The van der Waals surface area contributed by atoms with E-state index in [0.717, 1.165) is 18.4 Å². The van der Waals surface area contributed by atoms with Crippen LogP contribution in [0, 0.1) is 5.82 Å². The van der Waals surface area contributed by atoms with E-state index < -0.39 is 6.04 Å². The fraction of sp³-hybridized carbons (Fsp3) is 0.500. The molecule has 0 radical (unpaired) electrons. The van der Waals surface area contributed by atoms with Crippen molar-refractivity contribution >= 4 is 5.91 Å². The first-order chi connectivity index (χ1) is 8.54. The Balaban J connectivity index is 2.54. The van der Waals surface area contributed by atoms with Gasteiger partial charge in [-0.05, 0) is 24.1 Å². The predicted molar refractivity (Wildman–Crippen MR) is 70.4 cm³/mol. The van der Waals surface area contributed by atoms with Crippen molar-refractivity contribution in [1.29, 1.82) is 0 Å². The van der Waals surface area contributed by atoms with E-state index in [1.165, 1.54) is 12.1 Å². The molecule has 0 saturated heterocycles. The van der Waals surface area contributed by atoms with Gasteiger partial charge in [-0.15, -0.1) is 0 Å². The molecule has 0 aromatic heterocycles. The van der Waals surface area contributed by atoms with Crippen LogP contribution in [0.5, 0.6) is 0 Å². The third-order valence-electron chi connectivity index (χ3n) is 2.87. The molecular formula is C14H21FN2O. The topological polar surface area (TPSA) is 46.3 Å². The lowest BCUT2D eigenvalue weighted by atomic mass is 10.1. The highest BCUT2D eigenvalue weighted by Crippen LogP contribution is 2.08. The Morgan fingerprint density at radius 3 is 2.83 bits per heavy atom. The van der Waals surface area contributed by atoms with Crippen LogP contribution in [-0.4, -0.2) is 23.9 Å². The molecule has 0 aliphatic rings. The fourth-order valence-electron chi connectivity index (χ4n) is 1.82. The van der Waals surface area contributed by atoms with Crippen LogP contribution in [0.4, 0.5) is 4.39 Å². The summed E-state index contributed by atoms with van der Waals surface area (Å²) in [6.07, 6.45) is 2.66. The van der Waals surface area contributed by atoms with Crippen molar-refractivity contribution < 1.29 is 9.18 Å². The summed E-state index contributed by atoms with van der Waals surface area (Å²) in [5.74, 6) is -0.378. The van der Waals surface area contributed by atoms with Gasteiger partial charge in [-0.25, -0.2) is 4.39 Å². The Hall–Kier alpha value is -1.42. The van der Waals surface area contributed by atoms with Gasteiger partial charge in [-0.2, -0.15) is 0 Å². The average molecular weight is 252 g/mol. The molecule has 100 valence electrons. The van der Waals surface area contributed by atoms with Crippen LogP contribution in [0.1, 0.15) is 31.7 Å². The second-order valence-corrected chi connectivity index (χ2v) is 4.57. The molecule has 18 heavy (non-hydrogen) atoms. The fourth-order valence-corrected chi connectivity index (χ4v) is 1.82. The van der Waals surface area contributed by atoms with E-state index in [0.29, 0.717) is 13.0 Å². The zero-order valence-corrected chi connectivity index (χ0v) is 11.0. The minimum Gasteiger partial charge on any atom is -0.340 e. The van der Waals surface area contributed by atoms with Crippen LogP contribution >= 0.6 is 0 Å². The maximum atomic E-state index is 13.0. The van der Waals surface area contributed by atoms with E-state index in [4.69, 9.17) is 5.73 Å². The summed E-state index contributed by atoms with van der Waals surface area (Å²) >= 11 is 0. The number of carbonyl (C=O) groups excluding carboxylic acids is 1. The smallest absolute Gasteiger partial charge is 0.239 e. The van der Waals surface area contributed by atoms with Gasteiger partial charge in [0.15, 0.2) is 0 Å². The summed E-state index contributed by atoms with van der Waals surface area (Å²) in [5.41, 5.74) is 6.59. The molecule has 0 aliphatic carbocycles. The van der Waals surface area contributed by atoms with Crippen molar-refractivity contribution in [2.24, 2.45) is 5.73 Å². The number of amides is 1. The third-order valence-corrected chi connectivity index (χ3v) is 2.87. The lowest BCUT2D eigenvalue weighted by Gasteiger charge is -2.21.